The summed E-state index contributed by atoms with van der Waals surface area (Å²) in [6.07, 6.45) is 3.47. The van der Waals surface area contributed by atoms with Gasteiger partial charge >= 0.3 is 0 Å². The van der Waals surface area contributed by atoms with E-state index in [2.05, 4.69) is 61.9 Å². The van der Waals surface area contributed by atoms with Crippen molar-refractivity contribution < 1.29 is 16.5 Å². The summed E-state index contributed by atoms with van der Waals surface area (Å²) in [7, 11) is 0. The van der Waals surface area contributed by atoms with Gasteiger partial charge in [-0.25, -0.2) is 0 Å². The predicted molar refractivity (Wildman–Crippen MR) is 88.1 cm³/mol. The monoisotopic (exact) mass is 322 g/mol. The van der Waals surface area contributed by atoms with Crippen molar-refractivity contribution in [1.29, 1.82) is 0 Å². The molecule has 0 fully saturated rings. The summed E-state index contributed by atoms with van der Waals surface area (Å²) in [4.78, 5) is 8.78. The molecule has 21 heavy (non-hydrogen) atoms. The molecule has 0 aromatic heterocycles. The molecule has 112 valence electrons. The number of rotatable bonds is 3. The van der Waals surface area contributed by atoms with Crippen molar-refractivity contribution in [2.75, 3.05) is 0 Å². The molecule has 0 saturated carbocycles. The fraction of sp³-hybridized carbons (Fsp3) is 0.222. The molecule has 0 spiro atoms. The minimum absolute atomic E-state index is 0. The van der Waals surface area contributed by atoms with Gasteiger partial charge in [-0.05, 0) is 74.2 Å². The fourth-order valence-corrected chi connectivity index (χ4v) is 1.85. The largest absolute Gasteiger partial charge is 0.255 e. The molecule has 0 saturated heterocycles. The van der Waals surface area contributed by atoms with Gasteiger partial charge in [-0.3, -0.25) is 9.98 Å². The first kappa shape index (κ1) is 17.3. The molecule has 0 N–H and O–H groups in total. The minimum Gasteiger partial charge on any atom is -0.255 e. The van der Waals surface area contributed by atoms with Crippen LogP contribution in [0.1, 0.15) is 22.3 Å². The molecular weight excluding hydrogens is 303 g/mol. The van der Waals surface area contributed by atoms with Crippen molar-refractivity contribution in [3.8, 4) is 0 Å². The van der Waals surface area contributed by atoms with Crippen molar-refractivity contribution in [1.82, 2.24) is 0 Å². The summed E-state index contributed by atoms with van der Waals surface area (Å²) < 4.78 is 0. The van der Waals surface area contributed by atoms with Crippen molar-refractivity contribution in [2.24, 2.45) is 9.98 Å². The summed E-state index contributed by atoms with van der Waals surface area (Å²) in [6, 6.07) is 12.4. The van der Waals surface area contributed by atoms with Gasteiger partial charge in [-0.2, -0.15) is 0 Å². The van der Waals surface area contributed by atoms with Crippen LogP contribution >= 0.6 is 0 Å². The van der Waals surface area contributed by atoms with E-state index in [4.69, 9.17) is 0 Å². The number of hydrogen-bond acceptors (Lipinski definition) is 2. The van der Waals surface area contributed by atoms with Crippen LogP contribution in [-0.2, 0) is 16.5 Å². The molecular formula is C18H20N2Ni. The normalized spacial score (nSPS) is 11.0. The van der Waals surface area contributed by atoms with E-state index in [1.165, 1.54) is 22.3 Å². The average Bonchev–Trinajstić information content (AvgIpc) is 2.42. The molecule has 0 aliphatic carbocycles. The molecule has 2 rings (SSSR count). The molecule has 0 aliphatic rings. The molecule has 3 heteroatoms. The molecule has 0 radical (unpaired) electrons. The van der Waals surface area contributed by atoms with Crippen molar-refractivity contribution >= 4 is 23.8 Å². The summed E-state index contributed by atoms with van der Waals surface area (Å²) in [5.41, 5.74) is 7.00. The Balaban J connectivity index is 0.00000220. The third-order valence-corrected chi connectivity index (χ3v) is 3.49. The smallest absolute Gasteiger partial charge is 0.0633 e. The molecule has 2 aromatic carbocycles. The van der Waals surface area contributed by atoms with Crippen LogP contribution in [-0.4, -0.2) is 12.4 Å². The molecule has 0 bridgehead atoms. The molecule has 0 aliphatic heterocycles. The molecule has 0 unspecified atom stereocenters. The van der Waals surface area contributed by atoms with Gasteiger partial charge in [-0.1, -0.05) is 12.1 Å². The first-order valence-corrected chi connectivity index (χ1v) is 6.77. The zero-order chi connectivity index (χ0) is 14.5. The Morgan fingerprint density at radius 1 is 0.619 bits per heavy atom. The number of nitrogens with zero attached hydrogens (tertiary/aromatic N) is 2. The van der Waals surface area contributed by atoms with Crippen molar-refractivity contribution in [2.45, 2.75) is 27.7 Å². The van der Waals surface area contributed by atoms with E-state index >= 15 is 0 Å². The maximum atomic E-state index is 4.39. The number of hydrogen-bond donors (Lipinski definition) is 0. The van der Waals surface area contributed by atoms with E-state index in [1.54, 1.807) is 12.4 Å². The maximum absolute atomic E-state index is 4.39. The molecule has 0 heterocycles. The zero-order valence-electron chi connectivity index (χ0n) is 12.8. The summed E-state index contributed by atoms with van der Waals surface area (Å²) in [6.45, 7) is 8.39. The van der Waals surface area contributed by atoms with Crippen LogP contribution in [0.25, 0.3) is 0 Å². The summed E-state index contributed by atoms with van der Waals surface area (Å²) in [5, 5.41) is 0. The Kier molecular flexibility index (Phi) is 6.52. The van der Waals surface area contributed by atoms with E-state index in [9.17, 15) is 0 Å². The topological polar surface area (TPSA) is 24.7 Å². The van der Waals surface area contributed by atoms with Crippen LogP contribution in [0.5, 0.6) is 0 Å². The summed E-state index contributed by atoms with van der Waals surface area (Å²) in [5.74, 6) is 0. The van der Waals surface area contributed by atoms with Gasteiger partial charge < -0.3 is 0 Å². The van der Waals surface area contributed by atoms with E-state index in [1.807, 2.05) is 12.1 Å². The van der Waals surface area contributed by atoms with Gasteiger partial charge in [-0.15, -0.1) is 0 Å². The van der Waals surface area contributed by atoms with Gasteiger partial charge in [0.25, 0.3) is 0 Å². The second kappa shape index (κ2) is 7.90. The van der Waals surface area contributed by atoms with Gasteiger partial charge in [0.05, 0.1) is 11.4 Å². The van der Waals surface area contributed by atoms with Crippen LogP contribution < -0.4 is 0 Å². The van der Waals surface area contributed by atoms with Gasteiger partial charge in [0.15, 0.2) is 0 Å². The molecule has 2 nitrogen and oxygen atoms in total. The van der Waals surface area contributed by atoms with Crippen molar-refractivity contribution in [3.05, 3.63) is 58.7 Å². The van der Waals surface area contributed by atoms with Crippen molar-refractivity contribution in [3.63, 3.8) is 0 Å². The predicted octanol–water partition coefficient (Wildman–Crippen LogP) is 5.02. The Hall–Kier alpha value is -1.73. The van der Waals surface area contributed by atoms with E-state index in [0.717, 1.165) is 11.4 Å². The first-order valence-electron chi connectivity index (χ1n) is 6.77. The van der Waals surface area contributed by atoms with Gasteiger partial charge in [0, 0.05) is 28.9 Å². The van der Waals surface area contributed by atoms with Gasteiger partial charge in [0.1, 0.15) is 0 Å². The SMILES string of the molecule is Cc1ccc(N=CC=Nc2ccc(C)c(C)c2)cc1C.[Ni]. The van der Waals surface area contributed by atoms with Crippen LogP contribution in [0.4, 0.5) is 11.4 Å². The maximum Gasteiger partial charge on any atom is 0.0633 e. The first-order chi connectivity index (χ1) is 9.56. The average molecular weight is 323 g/mol. The van der Waals surface area contributed by atoms with Crippen LogP contribution in [0, 0.1) is 27.7 Å². The number of benzene rings is 2. The minimum atomic E-state index is 0. The Labute approximate surface area is 137 Å². The zero-order valence-corrected chi connectivity index (χ0v) is 13.8. The number of aryl methyl sites for hydroxylation is 4. The third kappa shape index (κ3) is 4.95. The van der Waals surface area contributed by atoms with Crippen LogP contribution in [0.2, 0.25) is 0 Å². The van der Waals surface area contributed by atoms with E-state index in [-0.39, 0.29) is 16.5 Å². The fourth-order valence-electron chi connectivity index (χ4n) is 1.85. The second-order valence-electron chi connectivity index (χ2n) is 5.09. The molecule has 0 atom stereocenters. The molecule has 2 aromatic rings. The Morgan fingerprint density at radius 2 is 1.00 bits per heavy atom. The Morgan fingerprint density at radius 3 is 1.33 bits per heavy atom. The van der Waals surface area contributed by atoms with E-state index in [0.29, 0.717) is 0 Å². The summed E-state index contributed by atoms with van der Waals surface area (Å²) >= 11 is 0. The van der Waals surface area contributed by atoms with Crippen LogP contribution in [0.3, 0.4) is 0 Å². The standard InChI is InChI=1S/C18H20N2.Ni/c1-13-5-7-17(11-15(13)3)19-9-10-20-18-8-6-14(2)16(4)12-18;/h5-12H,1-4H3;. The molecule has 0 amide bonds. The third-order valence-electron chi connectivity index (χ3n) is 3.49. The van der Waals surface area contributed by atoms with Gasteiger partial charge in [0.2, 0.25) is 0 Å². The van der Waals surface area contributed by atoms with Crippen LogP contribution in [0.15, 0.2) is 46.4 Å². The Bertz CT molecular complexity index is 613. The quantitative estimate of drug-likeness (QED) is 0.559. The second-order valence-corrected chi connectivity index (χ2v) is 5.09. The number of aliphatic imine (C=N–C) groups is 2. The van der Waals surface area contributed by atoms with E-state index < -0.39 is 0 Å².